The number of Topliss-reactive ketones (excluding diaryl/α,β-unsaturated/α-hetero) is 1. The monoisotopic (exact) mass is 972 g/mol. The number of aromatic hydroxyl groups is 1. The lowest BCUT2D eigenvalue weighted by molar-refractivity contribution is -0.935. The summed E-state index contributed by atoms with van der Waals surface area (Å²) in [6, 6.07) is 3.53. The number of likely N-dealkylation sites (N-methyl/N-ethyl adjacent to an activating group) is 1. The van der Waals surface area contributed by atoms with E-state index in [4.69, 9.17) is 33.1 Å². The predicted octanol–water partition coefficient (Wildman–Crippen LogP) is 9.25. The molecule has 69 heavy (non-hydrogen) atoms. The Hall–Kier alpha value is -5.42. The fourth-order valence-corrected chi connectivity index (χ4v) is 9.61. The number of aromatic nitrogens is 1. The molecule has 2 aliphatic heterocycles. The van der Waals surface area contributed by atoms with Gasteiger partial charge in [-0.25, -0.2) is 4.98 Å². The first-order valence-electron chi connectivity index (χ1n) is 23.5. The van der Waals surface area contributed by atoms with Gasteiger partial charge in [-0.2, -0.15) is 0 Å². The zero-order valence-electron chi connectivity index (χ0n) is 42.9. The Labute approximate surface area is 408 Å². The number of hydrogen-bond acceptors (Lipinski definition) is 14. The van der Waals surface area contributed by atoms with Crippen LogP contribution in [0.5, 0.6) is 17.2 Å². The lowest BCUT2D eigenvalue weighted by atomic mass is 9.73. The van der Waals surface area contributed by atoms with Gasteiger partial charge in [0.15, 0.2) is 22.3 Å². The number of aliphatic hydroxyl groups excluding tert-OH is 1. The van der Waals surface area contributed by atoms with Crippen molar-refractivity contribution in [2.45, 2.75) is 118 Å². The first-order chi connectivity index (χ1) is 32.2. The number of aliphatic hydroxyl groups is 1. The topological polar surface area (TPSA) is 193 Å². The molecule has 374 valence electrons. The number of methoxy groups -OCH3 is 1. The number of benzene rings is 3. The second-order valence-electron chi connectivity index (χ2n) is 20.5. The number of phenolic OH excluding ortho intramolecular Hbond substituents is 1. The summed E-state index contributed by atoms with van der Waals surface area (Å²) in [4.78, 5) is 61.9. The average molecular weight is 973 g/mol. The van der Waals surface area contributed by atoms with Gasteiger partial charge in [0, 0.05) is 60.3 Å². The van der Waals surface area contributed by atoms with Crippen LogP contribution in [0.3, 0.4) is 0 Å². The normalized spacial score (nSPS) is 28.0. The van der Waals surface area contributed by atoms with Crippen molar-refractivity contribution in [2.75, 3.05) is 45.9 Å². The summed E-state index contributed by atoms with van der Waals surface area (Å²) in [5, 5.41) is 26.4. The van der Waals surface area contributed by atoms with Crippen molar-refractivity contribution in [3.8, 4) is 17.2 Å². The van der Waals surface area contributed by atoms with Crippen LogP contribution in [0.15, 0.2) is 62.4 Å². The predicted molar refractivity (Wildman–Crippen MR) is 269 cm³/mol. The Morgan fingerprint density at radius 2 is 1.67 bits per heavy atom. The molecule has 3 N–H and O–H groups in total. The molecule has 0 saturated heterocycles. The molecular formula is C53H70N3O12S+. The number of anilines is 1. The number of carbonyl (C=O) groups is 3. The van der Waals surface area contributed by atoms with E-state index in [2.05, 4.69) is 40.2 Å². The minimum absolute atomic E-state index is 0.00457. The zero-order chi connectivity index (χ0) is 51.2. The van der Waals surface area contributed by atoms with E-state index >= 15 is 0 Å². The smallest absolute Gasteiger partial charge is 0.312 e. The number of amides is 1. The molecule has 0 unspecified atom stereocenters. The quantitative estimate of drug-likeness (QED) is 0.0396. The van der Waals surface area contributed by atoms with Gasteiger partial charge in [0.05, 0.1) is 49.1 Å². The van der Waals surface area contributed by atoms with Gasteiger partial charge in [0.2, 0.25) is 0 Å². The Kier molecular flexibility index (Phi) is 15.4. The summed E-state index contributed by atoms with van der Waals surface area (Å²) in [5.41, 5.74) is -0.260. The number of quaternary nitrogens is 1. The van der Waals surface area contributed by atoms with Crippen molar-refractivity contribution in [3.05, 3.63) is 69.6 Å². The van der Waals surface area contributed by atoms with E-state index in [-0.39, 0.29) is 84.8 Å². The summed E-state index contributed by atoms with van der Waals surface area (Å²) in [6.07, 6.45) is 7.65. The van der Waals surface area contributed by atoms with Gasteiger partial charge in [-0.3, -0.25) is 19.2 Å². The van der Waals surface area contributed by atoms with Crippen LogP contribution in [0.1, 0.15) is 92.1 Å². The van der Waals surface area contributed by atoms with Crippen LogP contribution in [-0.2, 0) is 23.8 Å². The maximum atomic E-state index is 14.9. The van der Waals surface area contributed by atoms with Gasteiger partial charge >= 0.3 is 11.8 Å². The van der Waals surface area contributed by atoms with Crippen molar-refractivity contribution < 1.29 is 57.2 Å². The maximum absolute atomic E-state index is 14.9. The molecule has 6 rings (SSSR count). The van der Waals surface area contributed by atoms with Crippen molar-refractivity contribution >= 4 is 68.1 Å². The zero-order valence-corrected chi connectivity index (χ0v) is 43.7. The Morgan fingerprint density at radius 3 is 2.29 bits per heavy atom. The Balaban J connectivity index is 1.60. The number of ketones is 1. The molecule has 0 fully saturated rings. The van der Waals surface area contributed by atoms with Gasteiger partial charge in [0.1, 0.15) is 47.5 Å². The van der Waals surface area contributed by atoms with E-state index in [1.165, 1.54) is 45.9 Å². The molecule has 0 aliphatic carbocycles. The molecule has 16 heteroatoms. The summed E-state index contributed by atoms with van der Waals surface area (Å²) in [7, 11) is 5.80. The number of phenols is 1. The summed E-state index contributed by atoms with van der Waals surface area (Å²) >= 11 is 1.39. The fraction of sp³-hybridized carbons (Fsp3) is 0.528. The molecule has 3 heterocycles. The van der Waals surface area contributed by atoms with Gasteiger partial charge in [-0.1, -0.05) is 52.8 Å². The molecular weight excluding hydrogens is 903 g/mol. The minimum Gasteiger partial charge on any atom is -0.505 e. The molecule has 15 nitrogen and oxygen atoms in total. The van der Waals surface area contributed by atoms with Crippen LogP contribution in [-0.4, -0.2) is 108 Å². The van der Waals surface area contributed by atoms with E-state index in [1.807, 2.05) is 46.9 Å². The first-order valence-corrected chi connectivity index (χ1v) is 24.7. The largest absolute Gasteiger partial charge is 0.505 e. The van der Waals surface area contributed by atoms with Gasteiger partial charge < -0.3 is 48.1 Å². The van der Waals surface area contributed by atoms with Crippen LogP contribution in [0.4, 0.5) is 5.69 Å². The van der Waals surface area contributed by atoms with E-state index in [1.54, 1.807) is 37.3 Å². The number of nitrogens with one attached hydrogen (secondary N) is 1. The summed E-state index contributed by atoms with van der Waals surface area (Å²) in [5.74, 6) is -5.46. The number of ether oxygens (including phenoxy) is 5. The van der Waals surface area contributed by atoms with Gasteiger partial charge in [-0.15, -0.1) is 11.8 Å². The molecule has 4 aromatic rings. The van der Waals surface area contributed by atoms with Crippen LogP contribution < -0.4 is 20.2 Å². The lowest BCUT2D eigenvalue weighted by Crippen LogP contribution is -2.55. The molecule has 0 spiro atoms. The van der Waals surface area contributed by atoms with E-state index in [9.17, 15) is 29.4 Å². The van der Waals surface area contributed by atoms with Crippen LogP contribution in [0.25, 0.3) is 33.0 Å². The molecule has 0 saturated carbocycles. The molecule has 3 aromatic carbocycles. The Morgan fingerprint density at radius 1 is 0.986 bits per heavy atom. The molecule has 2 aliphatic rings. The second-order valence-corrected chi connectivity index (χ2v) is 21.3. The van der Waals surface area contributed by atoms with Crippen molar-refractivity contribution in [2.24, 2.45) is 29.6 Å². The highest BCUT2D eigenvalue weighted by atomic mass is 32.2. The van der Waals surface area contributed by atoms with Crippen molar-refractivity contribution in [1.29, 1.82) is 0 Å². The van der Waals surface area contributed by atoms with Gasteiger partial charge in [-0.05, 0) is 70.8 Å². The highest BCUT2D eigenvalue weighted by Gasteiger charge is 2.50. The average Bonchev–Trinajstić information content (AvgIpc) is 3.55. The van der Waals surface area contributed by atoms with E-state index in [0.29, 0.717) is 33.8 Å². The standard InChI is InChI=1S/C53H69N3O12S/c1-26-18-17-19-27(2)51(62)55-43-46(60)39-38(42-49(43)67-36-24-34(25-37(69-16)41(36)54-42)64-23-21-56(13,14)52(9,10)11)40-48(32(7)45(39)59)68-53(12,50(40)61)65-22-20-35(63-15)31(6)47(66-33(8)57)30(5)28(3)29(4)44(26)58/h17-20,22,24-26,28-31,35,44,47,58H,21,23H2,1-16H3,(H-,54,55,59,60,61,62)/p+1/b18-17+,22-20+,27-19-/t26-,28+,29-,30+,31+,35-,44-,47-,53-/m0/s1. The summed E-state index contributed by atoms with van der Waals surface area (Å²) in [6.45, 7) is 23.1. The number of nitrogens with zero attached hydrogens (tertiary/aromatic N) is 2. The highest BCUT2D eigenvalue weighted by molar-refractivity contribution is 7.98. The summed E-state index contributed by atoms with van der Waals surface area (Å²) < 4.78 is 38.0. The third-order valence-corrected chi connectivity index (χ3v) is 15.7. The number of thioether (sulfide) groups is 1. The maximum Gasteiger partial charge on any atom is 0.312 e. The number of hydrogen-bond donors (Lipinski definition) is 3. The van der Waals surface area contributed by atoms with Gasteiger partial charge in [0.25, 0.3) is 11.7 Å². The highest BCUT2D eigenvalue weighted by Crippen LogP contribution is 2.49. The number of carbonyl (C=O) groups excluding carboxylic acids is 3. The molecule has 1 amide bonds. The van der Waals surface area contributed by atoms with Crippen LogP contribution in [0, 0.1) is 36.5 Å². The second kappa shape index (κ2) is 20.1. The third-order valence-electron chi connectivity index (χ3n) is 14.9. The van der Waals surface area contributed by atoms with Crippen LogP contribution >= 0.6 is 11.8 Å². The third kappa shape index (κ3) is 10.1. The number of allylic oxidation sites excluding steroid dienone is 2. The van der Waals surface area contributed by atoms with Crippen molar-refractivity contribution in [3.63, 3.8) is 0 Å². The minimum atomic E-state index is -2.02. The van der Waals surface area contributed by atoms with Crippen LogP contribution in [0.2, 0.25) is 0 Å². The lowest BCUT2D eigenvalue weighted by Gasteiger charge is -2.42. The first kappa shape index (κ1) is 52.9. The molecule has 4 bridgehead atoms. The van der Waals surface area contributed by atoms with E-state index in [0.717, 1.165) is 0 Å². The van der Waals surface area contributed by atoms with Crippen molar-refractivity contribution in [1.82, 2.24) is 4.98 Å². The number of esters is 1. The van der Waals surface area contributed by atoms with E-state index < -0.39 is 58.9 Å². The Bertz CT molecular complexity index is 2820. The molecule has 0 radical (unpaired) electrons. The molecule has 1 aromatic heterocycles. The fourth-order valence-electron chi connectivity index (χ4n) is 9.04. The number of fused-ring (bicyclic) bond motifs is 2. The number of rotatable bonds is 7. The SMILES string of the molecule is CO[C@H]1/C=C/O[C@@]2(C)Oc3c(C)c(=O)c4c(O)c(c5oc6cc(OCC[N+](C)(C)C(C)(C)C)cc(SC)c6nc5c4c3C2=O)NC(=O)/C(C)=C\C=C\[C@H](C)[C@H](O)[C@@H](C)[C@@H](C)[C@@H](C)[C@H](OC(C)=O)[C@@H]1C. The molecule has 9 atom stereocenters.